The van der Waals surface area contributed by atoms with Gasteiger partial charge in [-0.25, -0.2) is 0 Å². The van der Waals surface area contributed by atoms with E-state index in [2.05, 4.69) is 23.9 Å². The Kier molecular flexibility index (Phi) is 9.80. The lowest BCUT2D eigenvalue weighted by atomic mass is 9.71. The summed E-state index contributed by atoms with van der Waals surface area (Å²) in [6.45, 7) is 2.50. The van der Waals surface area contributed by atoms with Crippen LogP contribution in [0.15, 0.2) is 5.16 Å². The second-order valence-electron chi connectivity index (χ2n) is 8.08. The maximum Gasteiger partial charge on any atom is 0.303 e. The summed E-state index contributed by atoms with van der Waals surface area (Å²) in [6.07, 6.45) is 8.66. The van der Waals surface area contributed by atoms with E-state index in [0.717, 1.165) is 25.0 Å². The molecule has 0 aliphatic heterocycles. The number of carboxylic acids is 1. The van der Waals surface area contributed by atoms with Crippen molar-refractivity contribution < 1.29 is 25.0 Å². The minimum absolute atomic E-state index is 0.0777. The first kappa shape index (κ1) is 22.7. The Morgan fingerprint density at radius 2 is 2.00 bits per heavy atom. The van der Waals surface area contributed by atoms with Gasteiger partial charge in [0.15, 0.2) is 0 Å². The minimum Gasteiger partial charge on any atom is -0.481 e. The SMILES string of the molecule is CCCCCCCCC(O)C#CC1C(O)CC2C(=NOCCCC(=O)O)CC21. The maximum atomic E-state index is 10.5. The second-order valence-corrected chi connectivity index (χ2v) is 8.08. The summed E-state index contributed by atoms with van der Waals surface area (Å²) in [5, 5.41) is 33.1. The van der Waals surface area contributed by atoms with Crippen molar-refractivity contribution in [2.24, 2.45) is 22.9 Å². The van der Waals surface area contributed by atoms with Gasteiger partial charge < -0.3 is 20.2 Å². The summed E-state index contributed by atoms with van der Waals surface area (Å²) in [6, 6.07) is 0. The molecule has 0 radical (unpaired) electrons. The van der Waals surface area contributed by atoms with E-state index in [4.69, 9.17) is 9.94 Å². The molecule has 0 bridgehead atoms. The van der Waals surface area contributed by atoms with E-state index in [1.54, 1.807) is 0 Å². The van der Waals surface area contributed by atoms with Crippen LogP contribution in [0.1, 0.15) is 77.6 Å². The number of aliphatic carboxylic acids is 1. The van der Waals surface area contributed by atoms with Crippen LogP contribution in [0.3, 0.4) is 0 Å². The summed E-state index contributed by atoms with van der Waals surface area (Å²) in [5.74, 6) is 5.61. The number of aliphatic hydroxyl groups is 2. The Hall–Kier alpha value is -1.58. The second kappa shape index (κ2) is 12.1. The van der Waals surface area contributed by atoms with E-state index in [-0.39, 0.29) is 24.2 Å². The van der Waals surface area contributed by atoms with Crippen LogP contribution in [-0.4, -0.2) is 45.8 Å². The molecule has 5 atom stereocenters. The monoisotopic (exact) mass is 393 g/mol. The fraction of sp³-hybridized carbons (Fsp3) is 0.818. The van der Waals surface area contributed by atoms with Crippen molar-refractivity contribution >= 4 is 11.7 Å². The smallest absolute Gasteiger partial charge is 0.303 e. The number of carbonyl (C=O) groups is 1. The lowest BCUT2D eigenvalue weighted by Gasteiger charge is -2.33. The highest BCUT2D eigenvalue weighted by Crippen LogP contribution is 2.48. The van der Waals surface area contributed by atoms with E-state index < -0.39 is 18.2 Å². The van der Waals surface area contributed by atoms with Crippen LogP contribution in [0.4, 0.5) is 0 Å². The average molecular weight is 394 g/mol. The van der Waals surface area contributed by atoms with Crippen molar-refractivity contribution in [3.8, 4) is 11.8 Å². The highest BCUT2D eigenvalue weighted by Gasteiger charge is 2.51. The van der Waals surface area contributed by atoms with Gasteiger partial charge in [0.05, 0.1) is 17.7 Å². The lowest BCUT2D eigenvalue weighted by Crippen LogP contribution is -2.36. The molecule has 2 aliphatic carbocycles. The molecule has 6 heteroatoms. The van der Waals surface area contributed by atoms with Gasteiger partial charge in [-0.1, -0.05) is 56.0 Å². The number of oxime groups is 1. The van der Waals surface area contributed by atoms with Gasteiger partial charge in [0.1, 0.15) is 12.7 Å². The number of nitrogens with zero attached hydrogens (tertiary/aromatic N) is 1. The van der Waals surface area contributed by atoms with Crippen molar-refractivity contribution in [1.82, 2.24) is 0 Å². The zero-order valence-electron chi connectivity index (χ0n) is 17.0. The number of hydrogen-bond acceptors (Lipinski definition) is 5. The fourth-order valence-corrected chi connectivity index (χ4v) is 4.11. The van der Waals surface area contributed by atoms with Crippen molar-refractivity contribution in [3.05, 3.63) is 0 Å². The van der Waals surface area contributed by atoms with Gasteiger partial charge in [-0.05, 0) is 38.0 Å². The molecular weight excluding hydrogens is 358 g/mol. The lowest BCUT2D eigenvalue weighted by molar-refractivity contribution is -0.137. The highest BCUT2D eigenvalue weighted by molar-refractivity contribution is 5.93. The summed E-state index contributed by atoms with van der Waals surface area (Å²) in [5.41, 5.74) is 0.941. The van der Waals surface area contributed by atoms with Crippen molar-refractivity contribution in [2.75, 3.05) is 6.61 Å². The van der Waals surface area contributed by atoms with Gasteiger partial charge in [0.25, 0.3) is 0 Å². The Bertz CT molecular complexity index is 579. The van der Waals surface area contributed by atoms with E-state index in [0.29, 0.717) is 25.9 Å². The van der Waals surface area contributed by atoms with Crippen molar-refractivity contribution in [3.63, 3.8) is 0 Å². The quantitative estimate of drug-likeness (QED) is 0.268. The Balaban J connectivity index is 1.68. The normalized spacial score (nSPS) is 28.2. The molecule has 0 saturated heterocycles. The standard InChI is InChI=1S/C22H35NO5/c1-2-3-4-5-6-7-9-16(24)11-12-17-18-14-20(19(18)15-21(17)25)23-28-13-8-10-22(26)27/h16-19,21,24-25H,2-10,13-15H2,1H3,(H,26,27). The first-order valence-electron chi connectivity index (χ1n) is 10.8. The fourth-order valence-electron chi connectivity index (χ4n) is 4.11. The number of carboxylic acid groups (broad SMARTS) is 1. The van der Waals surface area contributed by atoms with Gasteiger partial charge in [-0.15, -0.1) is 0 Å². The first-order chi connectivity index (χ1) is 13.5. The summed E-state index contributed by atoms with van der Waals surface area (Å²) < 4.78 is 0. The molecule has 5 unspecified atom stereocenters. The number of aliphatic hydroxyl groups excluding tert-OH is 2. The molecule has 2 aliphatic rings. The Morgan fingerprint density at radius 1 is 1.25 bits per heavy atom. The number of hydrogen-bond donors (Lipinski definition) is 3. The van der Waals surface area contributed by atoms with Gasteiger partial charge in [-0.3, -0.25) is 4.79 Å². The van der Waals surface area contributed by atoms with Gasteiger partial charge in [0.2, 0.25) is 0 Å². The van der Waals surface area contributed by atoms with Crippen LogP contribution in [0.2, 0.25) is 0 Å². The van der Waals surface area contributed by atoms with Gasteiger partial charge in [-0.2, -0.15) is 0 Å². The topological polar surface area (TPSA) is 99.4 Å². The summed E-state index contributed by atoms with van der Waals surface area (Å²) >= 11 is 0. The third-order valence-corrected chi connectivity index (χ3v) is 5.82. The molecular formula is C22H35NO5. The van der Waals surface area contributed by atoms with Crippen molar-refractivity contribution in [2.45, 2.75) is 89.8 Å². The Labute approximate surface area is 168 Å². The molecule has 0 heterocycles. The number of fused-ring (bicyclic) bond motifs is 1. The van der Waals surface area contributed by atoms with Crippen LogP contribution in [0.5, 0.6) is 0 Å². The van der Waals surface area contributed by atoms with Gasteiger partial charge in [0, 0.05) is 12.3 Å². The molecule has 6 nitrogen and oxygen atoms in total. The van der Waals surface area contributed by atoms with Crippen LogP contribution >= 0.6 is 0 Å². The van der Waals surface area contributed by atoms with Crippen LogP contribution in [0.25, 0.3) is 0 Å². The molecule has 3 N–H and O–H groups in total. The molecule has 2 saturated carbocycles. The van der Waals surface area contributed by atoms with Crippen LogP contribution < -0.4 is 0 Å². The van der Waals surface area contributed by atoms with E-state index in [1.165, 1.54) is 25.7 Å². The molecule has 2 fully saturated rings. The van der Waals surface area contributed by atoms with Gasteiger partial charge >= 0.3 is 5.97 Å². The molecule has 0 aromatic carbocycles. The van der Waals surface area contributed by atoms with E-state index in [9.17, 15) is 15.0 Å². The van der Waals surface area contributed by atoms with Crippen molar-refractivity contribution in [1.29, 1.82) is 0 Å². The molecule has 0 amide bonds. The molecule has 0 spiro atoms. The maximum absolute atomic E-state index is 10.5. The minimum atomic E-state index is -0.834. The molecule has 0 aromatic rings. The van der Waals surface area contributed by atoms with Crippen LogP contribution in [-0.2, 0) is 9.63 Å². The highest BCUT2D eigenvalue weighted by atomic mass is 16.6. The largest absolute Gasteiger partial charge is 0.481 e. The molecule has 2 rings (SSSR count). The predicted molar refractivity (Wildman–Crippen MR) is 108 cm³/mol. The molecule has 0 aromatic heterocycles. The predicted octanol–water partition coefficient (Wildman–Crippen LogP) is 3.36. The number of unbranched alkanes of at least 4 members (excludes halogenated alkanes) is 5. The van der Waals surface area contributed by atoms with Crippen LogP contribution in [0, 0.1) is 29.6 Å². The summed E-state index contributed by atoms with van der Waals surface area (Å²) in [7, 11) is 0. The van der Waals surface area contributed by atoms with E-state index in [1.807, 2.05) is 0 Å². The average Bonchev–Trinajstić information content (AvgIpc) is 2.89. The zero-order valence-corrected chi connectivity index (χ0v) is 17.0. The third-order valence-electron chi connectivity index (χ3n) is 5.82. The number of rotatable bonds is 12. The summed E-state index contributed by atoms with van der Waals surface area (Å²) in [4.78, 5) is 15.7. The van der Waals surface area contributed by atoms with E-state index >= 15 is 0 Å². The Morgan fingerprint density at radius 3 is 2.75 bits per heavy atom. The third kappa shape index (κ3) is 7.10. The zero-order chi connectivity index (χ0) is 20.4. The molecule has 28 heavy (non-hydrogen) atoms. The first-order valence-corrected chi connectivity index (χ1v) is 10.8. The molecule has 158 valence electrons.